The van der Waals surface area contributed by atoms with Gasteiger partial charge in [0.15, 0.2) is 0 Å². The standard InChI is InChI=1S/C19H20N2O3S/c1-4-20(14-7-5-13(2)6-8-14)18(22)12-21-15-9-10-25-17(15)11-16(21)19(23)24-3/h5-11H,4,12H2,1-3H3. The molecule has 0 saturated carbocycles. The number of fused-ring (bicyclic) bond motifs is 1. The lowest BCUT2D eigenvalue weighted by Crippen LogP contribution is -2.34. The molecular weight excluding hydrogens is 336 g/mol. The molecule has 5 nitrogen and oxygen atoms in total. The third-order valence-corrected chi connectivity index (χ3v) is 5.03. The predicted octanol–water partition coefficient (Wildman–Crippen LogP) is 3.85. The Morgan fingerprint density at radius 1 is 1.20 bits per heavy atom. The van der Waals surface area contributed by atoms with Crippen LogP contribution in [-0.4, -0.2) is 30.1 Å². The Hall–Kier alpha value is -2.60. The van der Waals surface area contributed by atoms with Crippen LogP contribution in [0.4, 0.5) is 5.69 Å². The summed E-state index contributed by atoms with van der Waals surface area (Å²) in [7, 11) is 1.35. The van der Waals surface area contributed by atoms with E-state index in [9.17, 15) is 9.59 Å². The van der Waals surface area contributed by atoms with Crippen molar-refractivity contribution in [1.29, 1.82) is 0 Å². The lowest BCUT2D eigenvalue weighted by molar-refractivity contribution is -0.119. The number of aryl methyl sites for hydroxylation is 1. The molecule has 1 amide bonds. The molecular formula is C19H20N2O3S. The summed E-state index contributed by atoms with van der Waals surface area (Å²) in [6.07, 6.45) is 0. The smallest absolute Gasteiger partial charge is 0.354 e. The predicted molar refractivity (Wildman–Crippen MR) is 100 cm³/mol. The Labute approximate surface area is 150 Å². The summed E-state index contributed by atoms with van der Waals surface area (Å²) >= 11 is 1.54. The van der Waals surface area contributed by atoms with Gasteiger partial charge in [0.1, 0.15) is 12.2 Å². The molecule has 25 heavy (non-hydrogen) atoms. The molecule has 3 aromatic rings. The number of carbonyl (C=O) groups is 2. The number of aromatic nitrogens is 1. The fraction of sp³-hybridized carbons (Fsp3) is 0.263. The van der Waals surface area contributed by atoms with Crippen LogP contribution < -0.4 is 4.90 Å². The molecule has 0 aliphatic heterocycles. The van der Waals surface area contributed by atoms with Crippen LogP contribution in [-0.2, 0) is 16.1 Å². The number of likely N-dealkylation sites (N-methyl/N-ethyl adjacent to an activating group) is 1. The van der Waals surface area contributed by atoms with E-state index in [0.717, 1.165) is 21.5 Å². The molecule has 130 valence electrons. The minimum atomic E-state index is -0.436. The summed E-state index contributed by atoms with van der Waals surface area (Å²) in [6, 6.07) is 11.5. The second-order valence-corrected chi connectivity index (χ2v) is 6.70. The van der Waals surface area contributed by atoms with E-state index in [2.05, 4.69) is 0 Å². The van der Waals surface area contributed by atoms with Crippen molar-refractivity contribution in [2.45, 2.75) is 20.4 Å². The van der Waals surface area contributed by atoms with E-state index in [1.54, 1.807) is 15.5 Å². The van der Waals surface area contributed by atoms with Crippen LogP contribution in [0.15, 0.2) is 41.8 Å². The van der Waals surface area contributed by atoms with Gasteiger partial charge in [0.05, 0.1) is 17.3 Å². The van der Waals surface area contributed by atoms with Gasteiger partial charge in [-0.3, -0.25) is 4.79 Å². The van der Waals surface area contributed by atoms with Crippen molar-refractivity contribution in [3.05, 3.63) is 53.0 Å². The second kappa shape index (κ2) is 7.11. The summed E-state index contributed by atoms with van der Waals surface area (Å²) in [5, 5.41) is 1.95. The van der Waals surface area contributed by atoms with Gasteiger partial charge in [0, 0.05) is 12.2 Å². The van der Waals surface area contributed by atoms with E-state index in [-0.39, 0.29) is 12.5 Å². The van der Waals surface area contributed by atoms with Crippen LogP contribution in [0.2, 0.25) is 0 Å². The number of hydrogen-bond acceptors (Lipinski definition) is 4. The van der Waals surface area contributed by atoms with E-state index in [1.807, 2.05) is 49.6 Å². The van der Waals surface area contributed by atoms with Gasteiger partial charge in [-0.2, -0.15) is 0 Å². The van der Waals surface area contributed by atoms with Crippen LogP contribution in [0.3, 0.4) is 0 Å². The number of esters is 1. The topological polar surface area (TPSA) is 51.5 Å². The number of methoxy groups -OCH3 is 1. The Balaban J connectivity index is 1.93. The first-order valence-electron chi connectivity index (χ1n) is 8.07. The largest absolute Gasteiger partial charge is 0.464 e. The van der Waals surface area contributed by atoms with Crippen molar-refractivity contribution >= 4 is 39.1 Å². The Morgan fingerprint density at radius 3 is 2.56 bits per heavy atom. The molecule has 0 bridgehead atoms. The third kappa shape index (κ3) is 3.30. The average Bonchev–Trinajstić information content (AvgIpc) is 3.19. The minimum absolute atomic E-state index is 0.0693. The number of benzene rings is 1. The van der Waals surface area contributed by atoms with E-state index < -0.39 is 5.97 Å². The molecule has 1 aromatic carbocycles. The van der Waals surface area contributed by atoms with Crippen LogP contribution in [0.1, 0.15) is 23.0 Å². The van der Waals surface area contributed by atoms with E-state index in [0.29, 0.717) is 12.2 Å². The average molecular weight is 356 g/mol. The van der Waals surface area contributed by atoms with Crippen molar-refractivity contribution in [3.63, 3.8) is 0 Å². The van der Waals surface area contributed by atoms with Gasteiger partial charge in [-0.25, -0.2) is 4.79 Å². The van der Waals surface area contributed by atoms with Gasteiger partial charge < -0.3 is 14.2 Å². The fourth-order valence-electron chi connectivity index (χ4n) is 2.87. The molecule has 0 saturated heterocycles. The highest BCUT2D eigenvalue weighted by Gasteiger charge is 2.21. The van der Waals surface area contributed by atoms with Crippen molar-refractivity contribution in [1.82, 2.24) is 4.57 Å². The molecule has 0 radical (unpaired) electrons. The lowest BCUT2D eigenvalue weighted by atomic mass is 10.2. The number of ether oxygens (including phenoxy) is 1. The maximum absolute atomic E-state index is 12.9. The van der Waals surface area contributed by atoms with Crippen LogP contribution in [0.25, 0.3) is 10.2 Å². The zero-order valence-electron chi connectivity index (χ0n) is 14.5. The molecule has 0 spiro atoms. The highest BCUT2D eigenvalue weighted by molar-refractivity contribution is 7.17. The molecule has 0 atom stereocenters. The lowest BCUT2D eigenvalue weighted by Gasteiger charge is -2.22. The summed E-state index contributed by atoms with van der Waals surface area (Å²) in [4.78, 5) is 26.7. The quantitative estimate of drug-likeness (QED) is 0.653. The van der Waals surface area contributed by atoms with Gasteiger partial charge >= 0.3 is 5.97 Å². The monoisotopic (exact) mass is 356 g/mol. The first-order chi connectivity index (χ1) is 12.0. The van der Waals surface area contributed by atoms with Gasteiger partial charge in [0.25, 0.3) is 0 Å². The number of amides is 1. The number of nitrogens with zero attached hydrogens (tertiary/aromatic N) is 2. The maximum atomic E-state index is 12.9. The van der Waals surface area contributed by atoms with Crippen LogP contribution in [0.5, 0.6) is 0 Å². The Kier molecular flexibility index (Phi) is 4.90. The summed E-state index contributed by atoms with van der Waals surface area (Å²) in [5.41, 5.74) is 3.27. The molecule has 0 N–H and O–H groups in total. The Morgan fingerprint density at radius 2 is 1.92 bits per heavy atom. The van der Waals surface area contributed by atoms with Crippen LogP contribution in [0, 0.1) is 6.92 Å². The highest BCUT2D eigenvalue weighted by Crippen LogP contribution is 2.26. The normalized spacial score (nSPS) is 10.8. The van der Waals surface area contributed by atoms with Gasteiger partial charge in [-0.1, -0.05) is 17.7 Å². The van der Waals surface area contributed by atoms with Gasteiger partial charge in [-0.05, 0) is 43.5 Å². The minimum Gasteiger partial charge on any atom is -0.464 e. The molecule has 2 aromatic heterocycles. The van der Waals surface area contributed by atoms with Gasteiger partial charge in [0.2, 0.25) is 5.91 Å². The summed E-state index contributed by atoms with van der Waals surface area (Å²) in [5.74, 6) is -0.505. The zero-order chi connectivity index (χ0) is 18.0. The maximum Gasteiger partial charge on any atom is 0.354 e. The fourth-order valence-corrected chi connectivity index (χ4v) is 3.69. The van der Waals surface area contributed by atoms with Crippen molar-refractivity contribution in [2.24, 2.45) is 0 Å². The number of rotatable bonds is 5. The molecule has 0 aliphatic rings. The molecule has 0 fully saturated rings. The van der Waals surface area contributed by atoms with Gasteiger partial charge in [-0.15, -0.1) is 11.3 Å². The summed E-state index contributed by atoms with van der Waals surface area (Å²) in [6.45, 7) is 4.60. The summed E-state index contributed by atoms with van der Waals surface area (Å²) < 4.78 is 7.56. The zero-order valence-corrected chi connectivity index (χ0v) is 15.3. The number of anilines is 1. The van der Waals surface area contributed by atoms with Crippen LogP contribution >= 0.6 is 11.3 Å². The first kappa shape index (κ1) is 17.2. The number of carbonyl (C=O) groups excluding carboxylic acids is 2. The molecule has 0 unspecified atom stereocenters. The Bertz CT molecular complexity index is 909. The van der Waals surface area contributed by atoms with E-state index in [1.165, 1.54) is 18.4 Å². The van der Waals surface area contributed by atoms with Crippen molar-refractivity contribution in [3.8, 4) is 0 Å². The number of hydrogen-bond donors (Lipinski definition) is 0. The molecule has 3 rings (SSSR count). The van der Waals surface area contributed by atoms with E-state index in [4.69, 9.17) is 4.74 Å². The molecule has 6 heteroatoms. The molecule has 0 aliphatic carbocycles. The number of thiophene rings is 1. The van der Waals surface area contributed by atoms with Crippen molar-refractivity contribution in [2.75, 3.05) is 18.6 Å². The van der Waals surface area contributed by atoms with E-state index >= 15 is 0 Å². The SMILES string of the molecule is CCN(C(=O)Cn1c(C(=O)OC)cc2sccc21)c1ccc(C)cc1. The molecule has 2 heterocycles. The van der Waals surface area contributed by atoms with Crippen molar-refractivity contribution < 1.29 is 14.3 Å². The first-order valence-corrected chi connectivity index (χ1v) is 8.95. The second-order valence-electron chi connectivity index (χ2n) is 5.75. The third-order valence-electron chi connectivity index (χ3n) is 4.17. The highest BCUT2D eigenvalue weighted by atomic mass is 32.1.